The Bertz CT molecular complexity index is 682. The highest BCUT2D eigenvalue weighted by Gasteiger charge is 2.29. The molecule has 3 nitrogen and oxygen atoms in total. The molecule has 0 radical (unpaired) electrons. The van der Waals surface area contributed by atoms with Gasteiger partial charge in [0.15, 0.2) is 0 Å². The van der Waals surface area contributed by atoms with Crippen LogP contribution in [0.1, 0.15) is 35.6 Å². The van der Waals surface area contributed by atoms with E-state index in [1.54, 1.807) is 0 Å². The Hall–Kier alpha value is -1.17. The summed E-state index contributed by atoms with van der Waals surface area (Å²) in [5.41, 5.74) is 4.30. The lowest BCUT2D eigenvalue weighted by molar-refractivity contribution is 0.955. The Labute approximate surface area is 125 Å². The maximum absolute atomic E-state index is 12.1. The summed E-state index contributed by atoms with van der Waals surface area (Å²) in [6.45, 7) is 4.11. The number of aromatic amines is 1. The van der Waals surface area contributed by atoms with Crippen LogP contribution in [0.3, 0.4) is 0 Å². The van der Waals surface area contributed by atoms with Gasteiger partial charge in [0, 0.05) is 11.5 Å². The Morgan fingerprint density at radius 1 is 1.26 bits per heavy atom. The summed E-state index contributed by atoms with van der Waals surface area (Å²) in [6, 6.07) is 6.13. The zero-order valence-electron chi connectivity index (χ0n) is 11.0. The molecule has 1 aliphatic rings. The Balaban J connectivity index is 2.23. The molecular weight excluding hydrogens is 351 g/mol. The van der Waals surface area contributed by atoms with Crippen molar-refractivity contribution in [3.8, 4) is 11.4 Å². The van der Waals surface area contributed by atoms with Crippen LogP contribution in [0, 0.1) is 17.4 Å². The van der Waals surface area contributed by atoms with Crippen molar-refractivity contribution >= 4 is 22.6 Å². The zero-order valence-corrected chi connectivity index (χ0v) is 13.1. The molecule has 0 spiro atoms. The summed E-state index contributed by atoms with van der Waals surface area (Å²) in [6.07, 6.45) is 2.30. The van der Waals surface area contributed by atoms with Crippen molar-refractivity contribution in [1.29, 1.82) is 0 Å². The van der Waals surface area contributed by atoms with Crippen LogP contribution < -0.4 is 5.56 Å². The number of hydrogen-bond donors (Lipinski definition) is 1. The van der Waals surface area contributed by atoms with Gasteiger partial charge in [0.05, 0.1) is 9.26 Å². The molecule has 1 aromatic carbocycles. The molecule has 0 amide bonds. The maximum Gasteiger partial charge on any atom is 0.264 e. The third-order valence-electron chi connectivity index (χ3n) is 3.57. The van der Waals surface area contributed by atoms with Crippen molar-refractivity contribution in [1.82, 2.24) is 9.97 Å². The lowest BCUT2D eigenvalue weighted by Gasteiger charge is -2.11. The van der Waals surface area contributed by atoms with Crippen molar-refractivity contribution in [3.63, 3.8) is 0 Å². The van der Waals surface area contributed by atoms with Crippen LogP contribution in [0.2, 0.25) is 0 Å². The molecule has 0 unspecified atom stereocenters. The van der Waals surface area contributed by atoms with Crippen molar-refractivity contribution in [2.24, 2.45) is 0 Å². The van der Waals surface area contributed by atoms with E-state index in [-0.39, 0.29) is 5.56 Å². The largest absolute Gasteiger partial charge is 0.306 e. The van der Waals surface area contributed by atoms with E-state index in [0.29, 0.717) is 11.7 Å². The number of rotatable bonds is 2. The van der Waals surface area contributed by atoms with Crippen LogP contribution >= 0.6 is 22.6 Å². The second-order valence-electron chi connectivity index (χ2n) is 5.15. The molecule has 4 heteroatoms. The number of aryl methyl sites for hydroxylation is 2. The van der Waals surface area contributed by atoms with Gasteiger partial charge in [-0.1, -0.05) is 18.2 Å². The van der Waals surface area contributed by atoms with E-state index in [0.717, 1.165) is 38.8 Å². The minimum absolute atomic E-state index is 0.0184. The van der Waals surface area contributed by atoms with Crippen LogP contribution in [0.4, 0.5) is 0 Å². The summed E-state index contributed by atoms with van der Waals surface area (Å²) in [5, 5.41) is 0. The minimum Gasteiger partial charge on any atom is -0.306 e. The van der Waals surface area contributed by atoms with Crippen LogP contribution in [-0.2, 0) is 0 Å². The van der Waals surface area contributed by atoms with E-state index in [1.165, 1.54) is 0 Å². The molecule has 1 fully saturated rings. The monoisotopic (exact) mass is 366 g/mol. The molecule has 0 aliphatic heterocycles. The first kappa shape index (κ1) is 12.8. The first-order valence-electron chi connectivity index (χ1n) is 6.44. The number of benzene rings is 1. The Morgan fingerprint density at radius 3 is 2.47 bits per heavy atom. The molecule has 2 aromatic rings. The molecule has 1 N–H and O–H groups in total. The standard InChI is InChI=1S/C15H15IN2O/c1-8-4-3-5-9(2)11(8)14-17-13(10-6-7-10)12(16)15(19)18-14/h3-5,10H,6-7H2,1-2H3,(H,17,18,19). The molecule has 0 atom stereocenters. The van der Waals surface area contributed by atoms with Crippen LogP contribution in [0.5, 0.6) is 0 Å². The molecule has 0 saturated heterocycles. The number of hydrogen-bond acceptors (Lipinski definition) is 2. The van der Waals surface area contributed by atoms with Crippen molar-refractivity contribution in [3.05, 3.63) is 48.9 Å². The van der Waals surface area contributed by atoms with Gasteiger partial charge in [0.2, 0.25) is 0 Å². The van der Waals surface area contributed by atoms with E-state index in [1.807, 2.05) is 6.07 Å². The van der Waals surface area contributed by atoms with E-state index in [4.69, 9.17) is 4.98 Å². The molecule has 19 heavy (non-hydrogen) atoms. The number of halogens is 1. The van der Waals surface area contributed by atoms with Crippen LogP contribution in [-0.4, -0.2) is 9.97 Å². The topological polar surface area (TPSA) is 45.8 Å². The van der Waals surface area contributed by atoms with Crippen molar-refractivity contribution in [2.75, 3.05) is 0 Å². The smallest absolute Gasteiger partial charge is 0.264 e. The lowest BCUT2D eigenvalue weighted by Crippen LogP contribution is -2.16. The van der Waals surface area contributed by atoms with Gasteiger partial charge in [-0.25, -0.2) is 4.98 Å². The Kier molecular flexibility index (Phi) is 3.20. The van der Waals surface area contributed by atoms with Crippen LogP contribution in [0.25, 0.3) is 11.4 Å². The average Bonchev–Trinajstić information content (AvgIpc) is 3.17. The SMILES string of the molecule is Cc1cccc(C)c1-c1nc(C2CC2)c(I)c(=O)[nH]1. The normalized spacial score (nSPS) is 14.7. The van der Waals surface area contributed by atoms with Crippen molar-refractivity contribution in [2.45, 2.75) is 32.6 Å². The van der Waals surface area contributed by atoms with E-state index in [9.17, 15) is 4.79 Å². The lowest BCUT2D eigenvalue weighted by atomic mass is 10.0. The third kappa shape index (κ3) is 2.33. The number of H-pyrrole nitrogens is 1. The number of nitrogens with zero attached hydrogens (tertiary/aromatic N) is 1. The van der Waals surface area contributed by atoms with Gasteiger partial charge in [-0.3, -0.25) is 4.79 Å². The van der Waals surface area contributed by atoms with Gasteiger partial charge in [-0.05, 0) is 60.4 Å². The average molecular weight is 366 g/mol. The molecule has 1 aliphatic carbocycles. The quantitative estimate of drug-likeness (QED) is 0.827. The fraction of sp³-hybridized carbons (Fsp3) is 0.333. The number of nitrogens with one attached hydrogen (secondary N) is 1. The third-order valence-corrected chi connectivity index (χ3v) is 4.61. The number of aromatic nitrogens is 2. The highest BCUT2D eigenvalue weighted by molar-refractivity contribution is 14.1. The van der Waals surface area contributed by atoms with Gasteiger partial charge in [-0.2, -0.15) is 0 Å². The van der Waals surface area contributed by atoms with Crippen molar-refractivity contribution < 1.29 is 0 Å². The summed E-state index contributed by atoms with van der Waals surface area (Å²) in [5.74, 6) is 1.19. The molecule has 1 saturated carbocycles. The van der Waals surface area contributed by atoms with Gasteiger partial charge in [0.25, 0.3) is 5.56 Å². The fourth-order valence-corrected chi connectivity index (χ4v) is 3.11. The molecule has 1 heterocycles. The Morgan fingerprint density at radius 2 is 1.89 bits per heavy atom. The summed E-state index contributed by atoms with van der Waals surface area (Å²) in [7, 11) is 0. The molecule has 0 bridgehead atoms. The minimum atomic E-state index is -0.0184. The molecular formula is C15H15IN2O. The summed E-state index contributed by atoms with van der Waals surface area (Å²) < 4.78 is 0.745. The van der Waals surface area contributed by atoms with Crippen LogP contribution in [0.15, 0.2) is 23.0 Å². The second-order valence-corrected chi connectivity index (χ2v) is 6.23. The fourth-order valence-electron chi connectivity index (χ4n) is 2.41. The predicted octanol–water partition coefficient (Wildman–Crippen LogP) is 3.54. The van der Waals surface area contributed by atoms with E-state index in [2.05, 4.69) is 53.6 Å². The summed E-state index contributed by atoms with van der Waals surface area (Å²) in [4.78, 5) is 19.7. The molecule has 3 rings (SSSR count). The predicted molar refractivity (Wildman–Crippen MR) is 84.5 cm³/mol. The van der Waals surface area contributed by atoms with Gasteiger partial charge < -0.3 is 4.98 Å². The molecule has 1 aromatic heterocycles. The second kappa shape index (κ2) is 4.74. The van der Waals surface area contributed by atoms with E-state index >= 15 is 0 Å². The zero-order chi connectivity index (χ0) is 13.6. The summed E-state index contributed by atoms with van der Waals surface area (Å²) >= 11 is 2.11. The first-order chi connectivity index (χ1) is 9.08. The highest BCUT2D eigenvalue weighted by Crippen LogP contribution is 2.40. The van der Waals surface area contributed by atoms with Gasteiger partial charge in [0.1, 0.15) is 5.82 Å². The maximum atomic E-state index is 12.1. The first-order valence-corrected chi connectivity index (χ1v) is 7.52. The van der Waals surface area contributed by atoms with E-state index < -0.39 is 0 Å². The van der Waals surface area contributed by atoms with Gasteiger partial charge >= 0.3 is 0 Å². The molecule has 98 valence electrons. The van der Waals surface area contributed by atoms with Gasteiger partial charge in [-0.15, -0.1) is 0 Å². The highest BCUT2D eigenvalue weighted by atomic mass is 127.